The number of phenolic OH excluding ortho intramolecular Hbond substituents is 1. The Hall–Kier alpha value is -3.46. The predicted molar refractivity (Wildman–Crippen MR) is 128 cm³/mol. The molecule has 2 saturated heterocycles. The van der Waals surface area contributed by atoms with E-state index in [9.17, 15) is 5.11 Å². The standard InChI is InChI=1S/C24H28N8O/c33-22-4-2-1-3-18(22)20-13-21-23(30-29-20)27-14-17-15-31(11-12-32(17)21)24-26-10-7-19(28-24)16-5-8-25-9-6-16/h1-4,7,10,13,16-17,25,33H,5-6,8-9,11-12,14-15H2,(H,27,30)/t17-/m0/s1. The van der Waals surface area contributed by atoms with Crippen LogP contribution in [0.5, 0.6) is 5.75 Å². The Morgan fingerprint density at radius 1 is 1.03 bits per heavy atom. The zero-order valence-corrected chi connectivity index (χ0v) is 18.5. The van der Waals surface area contributed by atoms with Gasteiger partial charge in [0.15, 0.2) is 5.82 Å². The molecule has 2 aromatic heterocycles. The second-order valence-corrected chi connectivity index (χ2v) is 8.96. The van der Waals surface area contributed by atoms with E-state index in [1.54, 1.807) is 6.07 Å². The summed E-state index contributed by atoms with van der Waals surface area (Å²) in [6.07, 6.45) is 4.18. The summed E-state index contributed by atoms with van der Waals surface area (Å²) in [5, 5.41) is 25.9. The first-order valence-corrected chi connectivity index (χ1v) is 11.7. The van der Waals surface area contributed by atoms with E-state index in [1.807, 2.05) is 30.5 Å². The minimum atomic E-state index is 0.211. The SMILES string of the molecule is Oc1ccccc1-c1cc2c(nn1)NC[C@H]1CN(c3nccc(C4CCNCC4)n3)CCN21. The number of piperidine rings is 1. The molecule has 5 heterocycles. The normalized spacial score (nSPS) is 20.7. The molecular formula is C24H28N8O. The highest BCUT2D eigenvalue weighted by Crippen LogP contribution is 2.36. The third kappa shape index (κ3) is 3.82. The fourth-order valence-electron chi connectivity index (χ4n) is 5.15. The molecule has 9 nitrogen and oxygen atoms in total. The lowest BCUT2D eigenvalue weighted by atomic mass is 9.94. The van der Waals surface area contributed by atoms with E-state index in [4.69, 9.17) is 4.98 Å². The van der Waals surface area contributed by atoms with Crippen LogP contribution in [-0.2, 0) is 0 Å². The van der Waals surface area contributed by atoms with Gasteiger partial charge in [0.2, 0.25) is 5.95 Å². The highest BCUT2D eigenvalue weighted by atomic mass is 16.3. The van der Waals surface area contributed by atoms with Gasteiger partial charge in [0, 0.05) is 49.6 Å². The Morgan fingerprint density at radius 3 is 2.79 bits per heavy atom. The van der Waals surface area contributed by atoms with E-state index in [-0.39, 0.29) is 11.8 Å². The third-order valence-corrected chi connectivity index (χ3v) is 6.96. The highest BCUT2D eigenvalue weighted by Gasteiger charge is 2.34. The zero-order chi connectivity index (χ0) is 22.2. The molecule has 6 rings (SSSR count). The van der Waals surface area contributed by atoms with Crippen molar-refractivity contribution in [1.29, 1.82) is 0 Å². The van der Waals surface area contributed by atoms with E-state index in [1.165, 1.54) is 5.69 Å². The Bertz CT molecular complexity index is 1150. The Kier molecular flexibility index (Phi) is 5.18. The average Bonchev–Trinajstić information content (AvgIpc) is 2.89. The minimum absolute atomic E-state index is 0.211. The van der Waals surface area contributed by atoms with Crippen molar-refractivity contribution in [3.8, 4) is 17.0 Å². The number of nitrogens with one attached hydrogen (secondary N) is 2. The highest BCUT2D eigenvalue weighted by molar-refractivity contribution is 5.76. The largest absolute Gasteiger partial charge is 0.507 e. The van der Waals surface area contributed by atoms with E-state index >= 15 is 0 Å². The number of para-hydroxylation sites is 1. The lowest BCUT2D eigenvalue weighted by Gasteiger charge is -2.45. The summed E-state index contributed by atoms with van der Waals surface area (Å²) in [5.41, 5.74) is 3.56. The molecule has 3 aliphatic rings. The molecule has 0 saturated carbocycles. The molecule has 0 aliphatic carbocycles. The van der Waals surface area contributed by atoms with Crippen LogP contribution in [0.2, 0.25) is 0 Å². The van der Waals surface area contributed by atoms with Crippen LogP contribution in [0.3, 0.4) is 0 Å². The summed E-state index contributed by atoms with van der Waals surface area (Å²) in [5.74, 6) is 2.36. The van der Waals surface area contributed by atoms with Crippen LogP contribution in [-0.4, -0.2) is 70.6 Å². The minimum Gasteiger partial charge on any atom is -0.507 e. The summed E-state index contributed by atoms with van der Waals surface area (Å²) in [4.78, 5) is 14.3. The molecule has 33 heavy (non-hydrogen) atoms. The molecule has 0 spiro atoms. The van der Waals surface area contributed by atoms with Gasteiger partial charge in [0.05, 0.1) is 17.4 Å². The Labute approximate surface area is 192 Å². The molecule has 0 radical (unpaired) electrons. The first kappa shape index (κ1) is 20.2. The fraction of sp³-hybridized carbons (Fsp3) is 0.417. The number of aromatic hydroxyl groups is 1. The summed E-state index contributed by atoms with van der Waals surface area (Å²) < 4.78 is 0. The number of anilines is 3. The van der Waals surface area contributed by atoms with Crippen molar-refractivity contribution in [2.45, 2.75) is 24.8 Å². The van der Waals surface area contributed by atoms with Gasteiger partial charge in [-0.2, -0.15) is 0 Å². The van der Waals surface area contributed by atoms with E-state index in [0.29, 0.717) is 17.2 Å². The number of phenols is 1. The number of benzene rings is 1. The average molecular weight is 445 g/mol. The first-order chi connectivity index (χ1) is 16.3. The van der Waals surface area contributed by atoms with Crippen LogP contribution < -0.4 is 20.4 Å². The monoisotopic (exact) mass is 444 g/mol. The predicted octanol–water partition coefficient (Wildman–Crippen LogP) is 2.23. The fourth-order valence-corrected chi connectivity index (χ4v) is 5.15. The number of aromatic nitrogens is 4. The number of hydrogen-bond donors (Lipinski definition) is 3. The van der Waals surface area contributed by atoms with Gasteiger partial charge in [-0.1, -0.05) is 12.1 Å². The number of rotatable bonds is 3. The number of hydrogen-bond acceptors (Lipinski definition) is 9. The van der Waals surface area contributed by atoms with Gasteiger partial charge in [0.1, 0.15) is 5.75 Å². The maximum atomic E-state index is 10.3. The van der Waals surface area contributed by atoms with Gasteiger partial charge < -0.3 is 25.5 Å². The van der Waals surface area contributed by atoms with Crippen LogP contribution in [0, 0.1) is 0 Å². The zero-order valence-electron chi connectivity index (χ0n) is 18.5. The van der Waals surface area contributed by atoms with Gasteiger partial charge >= 0.3 is 0 Å². The van der Waals surface area contributed by atoms with Gasteiger partial charge in [0.25, 0.3) is 0 Å². The van der Waals surface area contributed by atoms with Gasteiger partial charge in [-0.3, -0.25) is 0 Å². The molecule has 1 aromatic carbocycles. The summed E-state index contributed by atoms with van der Waals surface area (Å²) >= 11 is 0. The summed E-state index contributed by atoms with van der Waals surface area (Å²) in [6, 6.07) is 11.6. The molecule has 3 aliphatic heterocycles. The second kappa shape index (κ2) is 8.47. The van der Waals surface area contributed by atoms with E-state index < -0.39 is 0 Å². The van der Waals surface area contributed by atoms with Crippen molar-refractivity contribution in [3.05, 3.63) is 48.3 Å². The maximum absolute atomic E-state index is 10.3. The summed E-state index contributed by atoms with van der Waals surface area (Å²) in [7, 11) is 0. The third-order valence-electron chi connectivity index (χ3n) is 6.96. The first-order valence-electron chi connectivity index (χ1n) is 11.7. The van der Waals surface area contributed by atoms with Crippen molar-refractivity contribution < 1.29 is 5.11 Å². The molecule has 0 unspecified atom stereocenters. The van der Waals surface area contributed by atoms with Gasteiger partial charge in [-0.15, -0.1) is 10.2 Å². The Morgan fingerprint density at radius 2 is 1.91 bits per heavy atom. The van der Waals surface area contributed by atoms with E-state index in [0.717, 1.165) is 69.6 Å². The maximum Gasteiger partial charge on any atom is 0.225 e. The van der Waals surface area contributed by atoms with Crippen molar-refractivity contribution in [3.63, 3.8) is 0 Å². The molecule has 3 aromatic rings. The molecule has 0 amide bonds. The van der Waals surface area contributed by atoms with E-state index in [2.05, 4.69) is 41.7 Å². The number of piperazine rings is 1. The molecule has 0 bridgehead atoms. The quantitative estimate of drug-likeness (QED) is 0.561. The van der Waals surface area contributed by atoms with Crippen LogP contribution in [0.25, 0.3) is 11.3 Å². The Balaban J connectivity index is 1.23. The van der Waals surface area contributed by atoms with Crippen LogP contribution in [0.15, 0.2) is 42.6 Å². The molecule has 2 fully saturated rings. The lowest BCUT2D eigenvalue weighted by molar-refractivity contribution is 0.451. The lowest BCUT2D eigenvalue weighted by Crippen LogP contribution is -2.58. The molecule has 3 N–H and O–H groups in total. The van der Waals surface area contributed by atoms with Crippen molar-refractivity contribution in [2.75, 3.05) is 54.4 Å². The number of nitrogens with zero attached hydrogens (tertiary/aromatic N) is 6. The van der Waals surface area contributed by atoms with Crippen molar-refractivity contribution in [2.24, 2.45) is 0 Å². The van der Waals surface area contributed by atoms with Crippen LogP contribution in [0.1, 0.15) is 24.5 Å². The molecule has 170 valence electrons. The van der Waals surface area contributed by atoms with Gasteiger partial charge in [-0.25, -0.2) is 9.97 Å². The topological polar surface area (TPSA) is 102 Å². The smallest absolute Gasteiger partial charge is 0.225 e. The summed E-state index contributed by atoms with van der Waals surface area (Å²) in [6.45, 7) is 5.45. The molecule has 1 atom stereocenters. The molecule has 9 heteroatoms. The van der Waals surface area contributed by atoms with Crippen molar-refractivity contribution in [1.82, 2.24) is 25.5 Å². The molecular weight excluding hydrogens is 416 g/mol. The number of fused-ring (bicyclic) bond motifs is 3. The van der Waals surface area contributed by atoms with Gasteiger partial charge in [-0.05, 0) is 50.2 Å². The van der Waals surface area contributed by atoms with Crippen LogP contribution >= 0.6 is 0 Å². The van der Waals surface area contributed by atoms with Crippen LogP contribution in [0.4, 0.5) is 17.5 Å². The van der Waals surface area contributed by atoms with Crippen molar-refractivity contribution >= 4 is 17.5 Å². The second-order valence-electron chi connectivity index (χ2n) is 8.96.